The van der Waals surface area contributed by atoms with Crippen LogP contribution >= 0.6 is 0 Å². The maximum absolute atomic E-state index is 12.9. The van der Waals surface area contributed by atoms with Crippen molar-refractivity contribution in [3.8, 4) is 0 Å². The summed E-state index contributed by atoms with van der Waals surface area (Å²) in [6.07, 6.45) is -3.28. The molecule has 0 N–H and O–H groups in total. The van der Waals surface area contributed by atoms with Crippen LogP contribution in [-0.4, -0.2) is 50.4 Å². The minimum atomic E-state index is -4.42. The predicted molar refractivity (Wildman–Crippen MR) is 101 cm³/mol. The average Bonchev–Trinajstić information content (AvgIpc) is 3.33. The number of carbonyl (C=O) groups is 1. The summed E-state index contributed by atoms with van der Waals surface area (Å²) < 4.78 is 51.2. The third kappa shape index (κ3) is 4.61. The first-order valence-electron chi connectivity index (χ1n) is 9.60. The number of nitrogens with zero attached hydrogens (tertiary/aromatic N) is 5. The second-order valence-corrected chi connectivity index (χ2v) is 7.34. The van der Waals surface area contributed by atoms with E-state index in [-0.39, 0.29) is 30.6 Å². The Morgan fingerprint density at radius 2 is 2.13 bits per heavy atom. The van der Waals surface area contributed by atoms with Gasteiger partial charge in [-0.3, -0.25) is 9.48 Å². The molecule has 31 heavy (non-hydrogen) atoms. The van der Waals surface area contributed by atoms with E-state index in [1.54, 1.807) is 35.8 Å². The number of rotatable bonds is 4. The Balaban J connectivity index is 1.45. The lowest BCUT2D eigenvalue weighted by Crippen LogP contribution is -2.42. The van der Waals surface area contributed by atoms with Gasteiger partial charge in [0.05, 0.1) is 30.0 Å². The molecule has 0 saturated carbocycles. The molecular formula is C20H20F3N5O3. The zero-order valence-corrected chi connectivity index (χ0v) is 16.9. The molecule has 0 bridgehead atoms. The SMILES string of the molecule is Cc1nn(C)cc1C(=O)N1CCOC(c2nc(Cc3cccc(C(F)(F)F)c3)no2)C1. The van der Waals surface area contributed by atoms with Crippen LogP contribution < -0.4 is 0 Å². The lowest BCUT2D eigenvalue weighted by Gasteiger charge is -2.31. The van der Waals surface area contributed by atoms with Crippen LogP contribution in [0.1, 0.15) is 45.0 Å². The molecule has 11 heteroatoms. The van der Waals surface area contributed by atoms with E-state index in [1.807, 2.05) is 0 Å². The van der Waals surface area contributed by atoms with Crippen LogP contribution in [0.15, 0.2) is 35.0 Å². The van der Waals surface area contributed by atoms with Crippen LogP contribution in [-0.2, 0) is 24.4 Å². The van der Waals surface area contributed by atoms with Crippen LogP contribution in [0, 0.1) is 6.92 Å². The lowest BCUT2D eigenvalue weighted by molar-refractivity contribution is -0.137. The smallest absolute Gasteiger partial charge is 0.365 e. The topological polar surface area (TPSA) is 86.3 Å². The molecule has 1 aliphatic rings. The minimum Gasteiger partial charge on any atom is -0.365 e. The van der Waals surface area contributed by atoms with E-state index in [0.29, 0.717) is 30.0 Å². The maximum Gasteiger partial charge on any atom is 0.416 e. The number of carbonyl (C=O) groups excluding carboxylic acids is 1. The molecule has 0 spiro atoms. The number of alkyl halides is 3. The highest BCUT2D eigenvalue weighted by atomic mass is 19.4. The summed E-state index contributed by atoms with van der Waals surface area (Å²) in [7, 11) is 1.75. The molecular weight excluding hydrogens is 415 g/mol. The van der Waals surface area contributed by atoms with E-state index in [2.05, 4.69) is 15.2 Å². The highest BCUT2D eigenvalue weighted by molar-refractivity contribution is 5.95. The summed E-state index contributed by atoms with van der Waals surface area (Å²) in [5, 5.41) is 8.06. The number of ether oxygens (including phenoxy) is 1. The second kappa shape index (κ2) is 8.14. The van der Waals surface area contributed by atoms with Crippen molar-refractivity contribution in [1.29, 1.82) is 0 Å². The van der Waals surface area contributed by atoms with Crippen molar-refractivity contribution < 1.29 is 27.2 Å². The summed E-state index contributed by atoms with van der Waals surface area (Å²) in [6, 6.07) is 4.98. The van der Waals surface area contributed by atoms with Crippen molar-refractivity contribution in [2.24, 2.45) is 7.05 Å². The fraction of sp³-hybridized carbons (Fsp3) is 0.400. The largest absolute Gasteiger partial charge is 0.416 e. The Labute approximate surface area is 175 Å². The van der Waals surface area contributed by atoms with E-state index < -0.39 is 17.8 Å². The van der Waals surface area contributed by atoms with E-state index in [9.17, 15) is 18.0 Å². The van der Waals surface area contributed by atoms with Crippen LogP contribution in [0.5, 0.6) is 0 Å². The van der Waals surface area contributed by atoms with E-state index in [4.69, 9.17) is 9.26 Å². The number of morpholine rings is 1. The van der Waals surface area contributed by atoms with Gasteiger partial charge in [-0.2, -0.15) is 23.3 Å². The molecule has 1 fully saturated rings. The van der Waals surface area contributed by atoms with Crippen molar-refractivity contribution in [3.05, 3.63) is 64.6 Å². The van der Waals surface area contributed by atoms with Gasteiger partial charge in [0.2, 0.25) is 0 Å². The molecule has 164 valence electrons. The number of hydrogen-bond acceptors (Lipinski definition) is 6. The van der Waals surface area contributed by atoms with E-state index >= 15 is 0 Å². The fourth-order valence-corrected chi connectivity index (χ4v) is 3.47. The van der Waals surface area contributed by atoms with Crippen molar-refractivity contribution in [2.75, 3.05) is 19.7 Å². The third-order valence-electron chi connectivity index (χ3n) is 4.97. The molecule has 2 aromatic heterocycles. The van der Waals surface area contributed by atoms with Gasteiger partial charge in [-0.15, -0.1) is 0 Å². The molecule has 8 nitrogen and oxygen atoms in total. The van der Waals surface area contributed by atoms with Gasteiger partial charge in [0.1, 0.15) is 0 Å². The summed E-state index contributed by atoms with van der Waals surface area (Å²) in [6.45, 7) is 2.69. The Kier molecular flexibility index (Phi) is 5.52. The van der Waals surface area contributed by atoms with Gasteiger partial charge in [-0.25, -0.2) is 0 Å². The van der Waals surface area contributed by atoms with Gasteiger partial charge >= 0.3 is 6.18 Å². The predicted octanol–water partition coefficient (Wildman–Crippen LogP) is 2.93. The van der Waals surface area contributed by atoms with Gasteiger partial charge in [0, 0.05) is 26.2 Å². The minimum absolute atomic E-state index is 0.0810. The number of amides is 1. The van der Waals surface area contributed by atoms with Crippen molar-refractivity contribution in [3.63, 3.8) is 0 Å². The Morgan fingerprint density at radius 1 is 1.32 bits per heavy atom. The number of aryl methyl sites for hydroxylation is 2. The number of hydrogen-bond donors (Lipinski definition) is 0. The van der Waals surface area contributed by atoms with Crippen molar-refractivity contribution in [1.82, 2.24) is 24.8 Å². The average molecular weight is 435 g/mol. The zero-order chi connectivity index (χ0) is 22.2. The Hall–Kier alpha value is -3.21. The highest BCUT2D eigenvalue weighted by Crippen LogP contribution is 2.30. The number of aromatic nitrogens is 4. The fourth-order valence-electron chi connectivity index (χ4n) is 3.47. The molecule has 1 aromatic carbocycles. The molecule has 4 rings (SSSR count). The molecule has 1 saturated heterocycles. The second-order valence-electron chi connectivity index (χ2n) is 7.34. The highest BCUT2D eigenvalue weighted by Gasteiger charge is 2.32. The van der Waals surface area contributed by atoms with Crippen LogP contribution in [0.4, 0.5) is 13.2 Å². The molecule has 0 radical (unpaired) electrons. The summed E-state index contributed by atoms with van der Waals surface area (Å²) in [5.41, 5.74) is 0.829. The van der Waals surface area contributed by atoms with Crippen LogP contribution in [0.3, 0.4) is 0 Å². The molecule has 3 aromatic rings. The Bertz CT molecular complexity index is 1090. The molecule has 0 aliphatic carbocycles. The van der Waals surface area contributed by atoms with Gasteiger partial charge in [-0.1, -0.05) is 23.4 Å². The third-order valence-corrected chi connectivity index (χ3v) is 4.97. The maximum atomic E-state index is 12.9. The molecule has 1 atom stereocenters. The van der Waals surface area contributed by atoms with E-state index in [0.717, 1.165) is 12.1 Å². The molecule has 3 heterocycles. The molecule has 1 unspecified atom stereocenters. The monoisotopic (exact) mass is 435 g/mol. The van der Waals surface area contributed by atoms with Crippen LogP contribution in [0.25, 0.3) is 0 Å². The molecule has 1 aliphatic heterocycles. The summed E-state index contributed by atoms with van der Waals surface area (Å²) in [4.78, 5) is 18.7. The standard InChI is InChI=1S/C20H20F3N5O3/c1-12-15(10-27(2)25-12)19(29)28-6-7-30-16(11-28)18-24-17(26-31-18)9-13-4-3-5-14(8-13)20(21,22)23/h3-5,8,10,16H,6-7,9,11H2,1-2H3. The Morgan fingerprint density at radius 3 is 2.84 bits per heavy atom. The number of halogens is 3. The number of benzene rings is 1. The van der Waals surface area contributed by atoms with E-state index in [1.165, 1.54) is 6.07 Å². The van der Waals surface area contributed by atoms with Gasteiger partial charge in [0.25, 0.3) is 11.8 Å². The first kappa shape index (κ1) is 21.0. The summed E-state index contributed by atoms with van der Waals surface area (Å²) in [5.74, 6) is 0.259. The van der Waals surface area contributed by atoms with Crippen LogP contribution in [0.2, 0.25) is 0 Å². The van der Waals surface area contributed by atoms with Crippen molar-refractivity contribution in [2.45, 2.75) is 25.6 Å². The molecule has 1 amide bonds. The van der Waals surface area contributed by atoms with Gasteiger partial charge in [-0.05, 0) is 18.6 Å². The van der Waals surface area contributed by atoms with Gasteiger partial charge < -0.3 is 14.2 Å². The van der Waals surface area contributed by atoms with Gasteiger partial charge in [0.15, 0.2) is 11.9 Å². The zero-order valence-electron chi connectivity index (χ0n) is 16.9. The summed E-state index contributed by atoms with van der Waals surface area (Å²) >= 11 is 0. The first-order chi connectivity index (χ1) is 14.7. The normalized spacial score (nSPS) is 17.2. The lowest BCUT2D eigenvalue weighted by atomic mass is 10.1. The van der Waals surface area contributed by atoms with Crippen molar-refractivity contribution >= 4 is 5.91 Å². The first-order valence-corrected chi connectivity index (χ1v) is 9.60. The quantitative estimate of drug-likeness (QED) is 0.627.